The van der Waals surface area contributed by atoms with Gasteiger partial charge in [-0.15, -0.1) is 0 Å². The molecule has 0 spiro atoms. The zero-order valence-corrected chi connectivity index (χ0v) is 7.71. The molecule has 1 aromatic carbocycles. The van der Waals surface area contributed by atoms with E-state index in [1.165, 1.54) is 5.56 Å². The molecule has 3 nitrogen and oxygen atoms in total. The van der Waals surface area contributed by atoms with Gasteiger partial charge in [0.2, 0.25) is 0 Å². The standard InChI is InChI=1S/C10H14N2O/c1-9-3-5-10(6-4-9)12-11-7-2-8-13/h3-6,8,11-12H,2,7H2,1H3. The Balaban J connectivity index is 2.28. The van der Waals surface area contributed by atoms with Crippen LogP contribution in [-0.2, 0) is 4.79 Å². The molecular weight excluding hydrogens is 164 g/mol. The summed E-state index contributed by atoms with van der Waals surface area (Å²) in [6.07, 6.45) is 1.42. The van der Waals surface area contributed by atoms with Crippen molar-refractivity contribution < 1.29 is 4.79 Å². The first kappa shape index (κ1) is 9.74. The minimum Gasteiger partial charge on any atom is -0.321 e. The molecule has 2 N–H and O–H groups in total. The van der Waals surface area contributed by atoms with Crippen molar-refractivity contribution >= 4 is 12.0 Å². The maximum absolute atomic E-state index is 9.99. The summed E-state index contributed by atoms with van der Waals surface area (Å²) < 4.78 is 0. The Bertz CT molecular complexity index is 256. The topological polar surface area (TPSA) is 41.1 Å². The van der Waals surface area contributed by atoms with Crippen LogP contribution in [0.5, 0.6) is 0 Å². The summed E-state index contributed by atoms with van der Waals surface area (Å²) in [5.74, 6) is 0. The van der Waals surface area contributed by atoms with E-state index in [0.717, 1.165) is 12.0 Å². The van der Waals surface area contributed by atoms with Gasteiger partial charge in [0, 0.05) is 18.7 Å². The molecule has 0 amide bonds. The third kappa shape index (κ3) is 3.71. The summed E-state index contributed by atoms with van der Waals surface area (Å²) >= 11 is 0. The predicted molar refractivity (Wildman–Crippen MR) is 53.5 cm³/mol. The van der Waals surface area contributed by atoms with Gasteiger partial charge in [-0.2, -0.15) is 0 Å². The van der Waals surface area contributed by atoms with E-state index in [0.29, 0.717) is 13.0 Å². The highest BCUT2D eigenvalue weighted by atomic mass is 16.1. The Kier molecular flexibility index (Phi) is 3.99. The first-order valence-corrected chi connectivity index (χ1v) is 4.32. The second-order valence-electron chi connectivity index (χ2n) is 2.87. The average Bonchev–Trinajstić information content (AvgIpc) is 2.15. The number of anilines is 1. The monoisotopic (exact) mass is 178 g/mol. The number of nitrogens with one attached hydrogen (secondary N) is 2. The van der Waals surface area contributed by atoms with Gasteiger partial charge < -0.3 is 10.2 Å². The highest BCUT2D eigenvalue weighted by molar-refractivity contribution is 5.49. The van der Waals surface area contributed by atoms with Crippen molar-refractivity contribution in [2.45, 2.75) is 13.3 Å². The molecule has 0 bridgehead atoms. The highest BCUT2D eigenvalue weighted by Gasteiger charge is 1.89. The number of aryl methyl sites for hydroxylation is 1. The van der Waals surface area contributed by atoms with Gasteiger partial charge in [-0.1, -0.05) is 17.7 Å². The lowest BCUT2D eigenvalue weighted by Gasteiger charge is -2.06. The lowest BCUT2D eigenvalue weighted by molar-refractivity contribution is -0.107. The first-order chi connectivity index (χ1) is 6.33. The number of rotatable bonds is 5. The Hall–Kier alpha value is -1.35. The fraction of sp³-hybridized carbons (Fsp3) is 0.300. The lowest BCUT2D eigenvalue weighted by Crippen LogP contribution is -2.22. The molecule has 0 radical (unpaired) electrons. The predicted octanol–water partition coefficient (Wildman–Crippen LogP) is 1.50. The van der Waals surface area contributed by atoms with Crippen LogP contribution >= 0.6 is 0 Å². The molecule has 0 aliphatic heterocycles. The van der Waals surface area contributed by atoms with Gasteiger partial charge in [0.1, 0.15) is 6.29 Å². The number of aldehydes is 1. The maximum Gasteiger partial charge on any atom is 0.121 e. The van der Waals surface area contributed by atoms with E-state index in [1.54, 1.807) is 0 Å². The zero-order valence-electron chi connectivity index (χ0n) is 7.71. The van der Waals surface area contributed by atoms with Crippen LogP contribution < -0.4 is 10.9 Å². The second kappa shape index (κ2) is 5.32. The fourth-order valence-corrected chi connectivity index (χ4v) is 0.933. The Morgan fingerprint density at radius 1 is 1.31 bits per heavy atom. The van der Waals surface area contributed by atoms with Gasteiger partial charge >= 0.3 is 0 Å². The molecular formula is C10H14N2O. The van der Waals surface area contributed by atoms with Gasteiger partial charge in [-0.05, 0) is 19.1 Å². The highest BCUT2D eigenvalue weighted by Crippen LogP contribution is 2.06. The van der Waals surface area contributed by atoms with E-state index >= 15 is 0 Å². The summed E-state index contributed by atoms with van der Waals surface area (Å²) in [7, 11) is 0. The first-order valence-electron chi connectivity index (χ1n) is 4.32. The molecule has 70 valence electrons. The largest absolute Gasteiger partial charge is 0.321 e. The van der Waals surface area contributed by atoms with Crippen LogP contribution in [0.4, 0.5) is 5.69 Å². The molecule has 0 heterocycles. The van der Waals surface area contributed by atoms with Gasteiger partial charge in [0.25, 0.3) is 0 Å². The van der Waals surface area contributed by atoms with Gasteiger partial charge in [-0.3, -0.25) is 0 Å². The van der Waals surface area contributed by atoms with E-state index in [4.69, 9.17) is 0 Å². The van der Waals surface area contributed by atoms with Crippen LogP contribution in [0.2, 0.25) is 0 Å². The van der Waals surface area contributed by atoms with Crippen molar-refractivity contribution in [1.29, 1.82) is 0 Å². The van der Waals surface area contributed by atoms with Gasteiger partial charge in [0.15, 0.2) is 0 Å². The third-order valence-corrected chi connectivity index (χ3v) is 1.67. The molecule has 0 aliphatic rings. The number of carbonyl (C=O) groups is 1. The van der Waals surface area contributed by atoms with E-state index in [-0.39, 0.29) is 0 Å². The smallest absolute Gasteiger partial charge is 0.121 e. The molecule has 0 atom stereocenters. The van der Waals surface area contributed by atoms with Crippen molar-refractivity contribution in [2.75, 3.05) is 12.0 Å². The van der Waals surface area contributed by atoms with Crippen molar-refractivity contribution in [3.8, 4) is 0 Å². The van der Waals surface area contributed by atoms with Crippen molar-refractivity contribution in [1.82, 2.24) is 5.43 Å². The molecule has 1 rings (SSSR count). The number of benzene rings is 1. The molecule has 0 saturated heterocycles. The van der Waals surface area contributed by atoms with Crippen molar-refractivity contribution in [3.63, 3.8) is 0 Å². The van der Waals surface area contributed by atoms with E-state index in [1.807, 2.05) is 31.2 Å². The Morgan fingerprint density at radius 2 is 2.00 bits per heavy atom. The van der Waals surface area contributed by atoms with Crippen molar-refractivity contribution in [3.05, 3.63) is 29.8 Å². The SMILES string of the molecule is Cc1ccc(NNCCC=O)cc1. The van der Waals surface area contributed by atoms with Crippen LogP contribution in [0.1, 0.15) is 12.0 Å². The number of hydrazine groups is 1. The molecule has 0 aliphatic carbocycles. The third-order valence-electron chi connectivity index (χ3n) is 1.67. The number of hydrogen-bond acceptors (Lipinski definition) is 3. The summed E-state index contributed by atoms with van der Waals surface area (Å²) in [6.45, 7) is 2.70. The molecule has 13 heavy (non-hydrogen) atoms. The lowest BCUT2D eigenvalue weighted by atomic mass is 10.2. The van der Waals surface area contributed by atoms with E-state index in [9.17, 15) is 4.79 Å². The molecule has 1 aromatic rings. The molecule has 0 fully saturated rings. The van der Waals surface area contributed by atoms with Crippen LogP contribution in [0, 0.1) is 6.92 Å². The van der Waals surface area contributed by atoms with Crippen molar-refractivity contribution in [2.24, 2.45) is 0 Å². The van der Waals surface area contributed by atoms with Crippen LogP contribution in [0.3, 0.4) is 0 Å². The van der Waals surface area contributed by atoms with E-state index < -0.39 is 0 Å². The fourth-order valence-electron chi connectivity index (χ4n) is 0.933. The molecule has 0 saturated carbocycles. The van der Waals surface area contributed by atoms with Crippen LogP contribution in [0.15, 0.2) is 24.3 Å². The summed E-state index contributed by atoms with van der Waals surface area (Å²) in [6, 6.07) is 8.04. The maximum atomic E-state index is 9.99. The quantitative estimate of drug-likeness (QED) is 0.408. The molecule has 0 aromatic heterocycles. The normalized spacial score (nSPS) is 9.62. The zero-order chi connectivity index (χ0) is 9.52. The number of hydrogen-bond donors (Lipinski definition) is 2. The van der Waals surface area contributed by atoms with Gasteiger partial charge in [-0.25, -0.2) is 5.43 Å². The Morgan fingerprint density at radius 3 is 2.62 bits per heavy atom. The molecule has 0 unspecified atom stereocenters. The minimum absolute atomic E-state index is 0.527. The summed E-state index contributed by atoms with van der Waals surface area (Å²) in [5.41, 5.74) is 8.18. The second-order valence-corrected chi connectivity index (χ2v) is 2.87. The Labute approximate surface area is 78.1 Å². The summed E-state index contributed by atoms with van der Waals surface area (Å²) in [4.78, 5) is 9.99. The average molecular weight is 178 g/mol. The number of carbonyl (C=O) groups excluding carboxylic acids is 1. The van der Waals surface area contributed by atoms with E-state index in [2.05, 4.69) is 10.9 Å². The van der Waals surface area contributed by atoms with Crippen LogP contribution in [-0.4, -0.2) is 12.8 Å². The minimum atomic E-state index is 0.527. The van der Waals surface area contributed by atoms with Crippen LogP contribution in [0.25, 0.3) is 0 Å². The summed E-state index contributed by atoms with van der Waals surface area (Å²) in [5, 5.41) is 0. The molecule has 3 heteroatoms. The van der Waals surface area contributed by atoms with Gasteiger partial charge in [0.05, 0.1) is 0 Å².